The summed E-state index contributed by atoms with van der Waals surface area (Å²) in [5, 5.41) is 3.50. The van der Waals surface area contributed by atoms with E-state index in [1.54, 1.807) is 0 Å². The van der Waals surface area contributed by atoms with Gasteiger partial charge in [0.05, 0.1) is 0 Å². The number of nitrogens with zero attached hydrogens (tertiary/aromatic N) is 1. The second-order valence-corrected chi connectivity index (χ2v) is 5.57. The zero-order chi connectivity index (χ0) is 11.3. The van der Waals surface area contributed by atoms with Crippen LogP contribution in [0.3, 0.4) is 0 Å². The van der Waals surface area contributed by atoms with Crippen molar-refractivity contribution in [1.82, 2.24) is 10.2 Å². The van der Waals surface area contributed by atoms with E-state index in [0.717, 1.165) is 19.0 Å². The number of nitrogens with one attached hydrogen (secondary N) is 1. The average molecular weight is 212 g/mol. The Bertz CT molecular complexity index is 181. The van der Waals surface area contributed by atoms with Gasteiger partial charge in [0.2, 0.25) is 0 Å². The number of likely N-dealkylation sites (tertiary alicyclic amines) is 1. The number of hydrogen-bond acceptors (Lipinski definition) is 2. The van der Waals surface area contributed by atoms with Crippen molar-refractivity contribution in [2.75, 3.05) is 32.7 Å². The van der Waals surface area contributed by atoms with Crippen molar-refractivity contribution < 1.29 is 0 Å². The highest BCUT2D eigenvalue weighted by Gasteiger charge is 2.28. The standard InChI is InChI=1S/C13H28N2/c1-5-13(4,10-14-6-2)11-15-8-7-12(3)9-15/h12,14H,5-11H2,1-4H3. The first-order valence-electron chi connectivity index (χ1n) is 6.52. The molecule has 0 aromatic heterocycles. The molecular formula is C13H28N2. The lowest BCUT2D eigenvalue weighted by molar-refractivity contribution is 0.177. The summed E-state index contributed by atoms with van der Waals surface area (Å²) < 4.78 is 0. The normalized spacial score (nSPS) is 26.8. The predicted molar refractivity (Wildman–Crippen MR) is 67.2 cm³/mol. The Morgan fingerprint density at radius 3 is 2.60 bits per heavy atom. The molecule has 1 aliphatic rings. The van der Waals surface area contributed by atoms with Crippen LogP contribution in [0, 0.1) is 11.3 Å². The van der Waals surface area contributed by atoms with Crippen molar-refractivity contribution in [1.29, 1.82) is 0 Å². The first kappa shape index (κ1) is 13.0. The summed E-state index contributed by atoms with van der Waals surface area (Å²) in [6.45, 7) is 15.4. The molecule has 0 saturated carbocycles. The molecule has 2 heteroatoms. The third kappa shape index (κ3) is 4.12. The maximum Gasteiger partial charge on any atom is 0.00475 e. The second kappa shape index (κ2) is 5.86. The van der Waals surface area contributed by atoms with Crippen LogP contribution in [0.25, 0.3) is 0 Å². The summed E-state index contributed by atoms with van der Waals surface area (Å²) >= 11 is 0. The fourth-order valence-corrected chi connectivity index (χ4v) is 2.43. The molecule has 2 unspecified atom stereocenters. The largest absolute Gasteiger partial charge is 0.316 e. The minimum Gasteiger partial charge on any atom is -0.316 e. The Hall–Kier alpha value is -0.0800. The van der Waals surface area contributed by atoms with E-state index in [9.17, 15) is 0 Å². The predicted octanol–water partition coefficient (Wildman–Crippen LogP) is 2.35. The van der Waals surface area contributed by atoms with Gasteiger partial charge in [0.15, 0.2) is 0 Å². The third-order valence-corrected chi connectivity index (χ3v) is 3.77. The SMILES string of the molecule is CCNCC(C)(CC)CN1CCC(C)C1. The Morgan fingerprint density at radius 1 is 1.40 bits per heavy atom. The Balaban J connectivity index is 2.37. The van der Waals surface area contributed by atoms with Crippen molar-refractivity contribution >= 4 is 0 Å². The first-order chi connectivity index (χ1) is 7.09. The monoisotopic (exact) mass is 212 g/mol. The summed E-state index contributed by atoms with van der Waals surface area (Å²) in [5.74, 6) is 0.908. The third-order valence-electron chi connectivity index (χ3n) is 3.77. The van der Waals surface area contributed by atoms with Gasteiger partial charge in [0, 0.05) is 19.6 Å². The van der Waals surface area contributed by atoms with Gasteiger partial charge in [0.25, 0.3) is 0 Å². The van der Waals surface area contributed by atoms with E-state index >= 15 is 0 Å². The Kier molecular flexibility index (Phi) is 5.07. The molecule has 0 aromatic rings. The van der Waals surface area contributed by atoms with Gasteiger partial charge in [-0.05, 0) is 37.3 Å². The quantitative estimate of drug-likeness (QED) is 0.727. The van der Waals surface area contributed by atoms with Gasteiger partial charge in [-0.15, -0.1) is 0 Å². The van der Waals surface area contributed by atoms with Crippen LogP contribution in [-0.4, -0.2) is 37.6 Å². The van der Waals surface area contributed by atoms with E-state index in [1.165, 1.54) is 32.5 Å². The molecule has 1 fully saturated rings. The van der Waals surface area contributed by atoms with Crippen LogP contribution in [0.5, 0.6) is 0 Å². The number of rotatable bonds is 6. The smallest absolute Gasteiger partial charge is 0.00475 e. The molecule has 1 saturated heterocycles. The highest BCUT2D eigenvalue weighted by molar-refractivity contribution is 4.83. The Labute approximate surface area is 95.4 Å². The first-order valence-corrected chi connectivity index (χ1v) is 6.52. The second-order valence-electron chi connectivity index (χ2n) is 5.57. The lowest BCUT2D eigenvalue weighted by atomic mass is 9.87. The van der Waals surface area contributed by atoms with E-state index in [2.05, 4.69) is 37.9 Å². The molecule has 15 heavy (non-hydrogen) atoms. The highest BCUT2D eigenvalue weighted by atomic mass is 15.2. The van der Waals surface area contributed by atoms with Crippen LogP contribution in [0.1, 0.15) is 40.5 Å². The maximum absolute atomic E-state index is 3.50. The Morgan fingerprint density at radius 2 is 2.13 bits per heavy atom. The molecule has 0 aliphatic carbocycles. The van der Waals surface area contributed by atoms with Crippen molar-refractivity contribution in [3.63, 3.8) is 0 Å². The zero-order valence-corrected chi connectivity index (χ0v) is 11.0. The molecule has 1 rings (SSSR count). The molecule has 90 valence electrons. The summed E-state index contributed by atoms with van der Waals surface area (Å²) in [6, 6.07) is 0. The van der Waals surface area contributed by atoms with Crippen molar-refractivity contribution in [3.05, 3.63) is 0 Å². The van der Waals surface area contributed by atoms with E-state index in [0.29, 0.717) is 5.41 Å². The zero-order valence-electron chi connectivity index (χ0n) is 11.0. The van der Waals surface area contributed by atoms with E-state index in [-0.39, 0.29) is 0 Å². The molecule has 0 aromatic carbocycles. The molecule has 0 radical (unpaired) electrons. The molecule has 0 amide bonds. The summed E-state index contributed by atoms with van der Waals surface area (Å²) in [7, 11) is 0. The topological polar surface area (TPSA) is 15.3 Å². The highest BCUT2D eigenvalue weighted by Crippen LogP contribution is 2.25. The van der Waals surface area contributed by atoms with Gasteiger partial charge in [0.1, 0.15) is 0 Å². The van der Waals surface area contributed by atoms with Gasteiger partial charge < -0.3 is 10.2 Å². The minimum absolute atomic E-state index is 0.458. The lowest BCUT2D eigenvalue weighted by Gasteiger charge is -2.33. The van der Waals surface area contributed by atoms with Gasteiger partial charge in [-0.1, -0.05) is 27.7 Å². The summed E-state index contributed by atoms with van der Waals surface area (Å²) in [5.41, 5.74) is 0.458. The molecule has 1 heterocycles. The van der Waals surface area contributed by atoms with Crippen LogP contribution < -0.4 is 5.32 Å². The molecule has 2 atom stereocenters. The fourth-order valence-electron chi connectivity index (χ4n) is 2.43. The van der Waals surface area contributed by atoms with Crippen LogP contribution in [0.15, 0.2) is 0 Å². The van der Waals surface area contributed by atoms with E-state index < -0.39 is 0 Å². The average Bonchev–Trinajstić information content (AvgIpc) is 2.61. The van der Waals surface area contributed by atoms with Crippen molar-refractivity contribution in [2.24, 2.45) is 11.3 Å². The van der Waals surface area contributed by atoms with E-state index in [1.807, 2.05) is 0 Å². The summed E-state index contributed by atoms with van der Waals surface area (Å²) in [4.78, 5) is 2.64. The van der Waals surface area contributed by atoms with Crippen LogP contribution >= 0.6 is 0 Å². The van der Waals surface area contributed by atoms with Gasteiger partial charge in [-0.25, -0.2) is 0 Å². The van der Waals surface area contributed by atoms with Gasteiger partial charge in [-0.2, -0.15) is 0 Å². The fraction of sp³-hybridized carbons (Fsp3) is 1.00. The van der Waals surface area contributed by atoms with Crippen molar-refractivity contribution in [2.45, 2.75) is 40.5 Å². The molecule has 1 N–H and O–H groups in total. The van der Waals surface area contributed by atoms with Gasteiger partial charge >= 0.3 is 0 Å². The molecule has 0 bridgehead atoms. The van der Waals surface area contributed by atoms with Crippen molar-refractivity contribution in [3.8, 4) is 0 Å². The lowest BCUT2D eigenvalue weighted by Crippen LogP contribution is -2.41. The van der Waals surface area contributed by atoms with Crippen LogP contribution in [0.4, 0.5) is 0 Å². The molecule has 0 spiro atoms. The molecule has 2 nitrogen and oxygen atoms in total. The van der Waals surface area contributed by atoms with Gasteiger partial charge in [-0.3, -0.25) is 0 Å². The molecular weight excluding hydrogens is 184 g/mol. The van der Waals surface area contributed by atoms with Crippen LogP contribution in [-0.2, 0) is 0 Å². The number of hydrogen-bond donors (Lipinski definition) is 1. The maximum atomic E-state index is 3.50. The van der Waals surface area contributed by atoms with E-state index in [4.69, 9.17) is 0 Å². The molecule has 1 aliphatic heterocycles. The minimum atomic E-state index is 0.458. The van der Waals surface area contributed by atoms with Crippen LogP contribution in [0.2, 0.25) is 0 Å². The summed E-state index contributed by atoms with van der Waals surface area (Å²) in [6.07, 6.45) is 2.66.